The first-order valence-corrected chi connectivity index (χ1v) is 6.03. The molecule has 1 rings (SSSR count). The molecular formula is C13H15N3O4. The zero-order valence-electron chi connectivity index (χ0n) is 11.2. The van der Waals surface area contributed by atoms with E-state index in [1.807, 2.05) is 24.8 Å². The molecule has 106 valence electrons. The number of carboxylic acid groups (broad SMARTS) is 1. The van der Waals surface area contributed by atoms with E-state index in [-0.39, 0.29) is 18.0 Å². The fourth-order valence-corrected chi connectivity index (χ4v) is 1.89. The van der Waals surface area contributed by atoms with Crippen molar-refractivity contribution >= 4 is 17.3 Å². The molecule has 0 atom stereocenters. The van der Waals surface area contributed by atoms with Crippen LogP contribution in [-0.4, -0.2) is 28.6 Å². The first-order chi connectivity index (χ1) is 9.38. The molecule has 1 aromatic carbocycles. The van der Waals surface area contributed by atoms with Gasteiger partial charge in [-0.3, -0.25) is 10.1 Å². The fraction of sp³-hybridized carbons (Fsp3) is 0.385. The lowest BCUT2D eigenvalue weighted by atomic mass is 10.1. The quantitative estimate of drug-likeness (QED) is 0.632. The molecule has 0 aliphatic rings. The molecule has 0 aliphatic heterocycles. The molecule has 0 bridgehead atoms. The van der Waals surface area contributed by atoms with E-state index in [1.54, 1.807) is 0 Å². The minimum absolute atomic E-state index is 0.0476. The van der Waals surface area contributed by atoms with Crippen LogP contribution in [-0.2, 0) is 0 Å². The van der Waals surface area contributed by atoms with Gasteiger partial charge in [0.15, 0.2) is 0 Å². The predicted molar refractivity (Wildman–Crippen MR) is 72.8 cm³/mol. The summed E-state index contributed by atoms with van der Waals surface area (Å²) in [5.74, 6) is -1.34. The molecule has 0 fully saturated rings. The summed E-state index contributed by atoms with van der Waals surface area (Å²) in [6.07, 6.45) is 0.289. The number of aromatic carboxylic acids is 1. The van der Waals surface area contributed by atoms with Crippen molar-refractivity contribution in [2.24, 2.45) is 0 Å². The second-order valence-electron chi connectivity index (χ2n) is 4.46. The van der Waals surface area contributed by atoms with E-state index in [2.05, 4.69) is 0 Å². The number of carboxylic acids is 1. The Kier molecular flexibility index (Phi) is 5.03. The smallest absolute Gasteiger partial charge is 0.342 e. The Labute approximate surface area is 116 Å². The molecule has 0 radical (unpaired) electrons. The van der Waals surface area contributed by atoms with Crippen molar-refractivity contribution in [2.45, 2.75) is 26.3 Å². The topological polar surface area (TPSA) is 107 Å². The summed E-state index contributed by atoms with van der Waals surface area (Å²) in [6.45, 7) is 4.24. The third-order valence-electron chi connectivity index (χ3n) is 2.83. The lowest BCUT2D eigenvalue weighted by Crippen LogP contribution is -2.31. The van der Waals surface area contributed by atoms with Crippen LogP contribution in [0, 0.1) is 21.4 Å². The van der Waals surface area contributed by atoms with Crippen molar-refractivity contribution in [2.75, 3.05) is 11.4 Å². The number of carbonyl (C=O) groups is 1. The van der Waals surface area contributed by atoms with Crippen LogP contribution >= 0.6 is 0 Å². The summed E-state index contributed by atoms with van der Waals surface area (Å²) in [5, 5.41) is 28.5. The molecule has 20 heavy (non-hydrogen) atoms. The van der Waals surface area contributed by atoms with E-state index in [0.717, 1.165) is 0 Å². The number of nitro benzene ring substituents is 1. The number of rotatable bonds is 6. The van der Waals surface area contributed by atoms with Gasteiger partial charge in [-0.1, -0.05) is 0 Å². The summed E-state index contributed by atoms with van der Waals surface area (Å²) in [7, 11) is 0. The molecular weight excluding hydrogens is 262 g/mol. The first kappa shape index (κ1) is 15.4. The molecule has 1 aromatic rings. The average molecular weight is 277 g/mol. The highest BCUT2D eigenvalue weighted by Crippen LogP contribution is 2.26. The van der Waals surface area contributed by atoms with Crippen molar-refractivity contribution in [3.63, 3.8) is 0 Å². The Morgan fingerprint density at radius 1 is 1.55 bits per heavy atom. The Bertz CT molecular complexity index is 563. The highest BCUT2D eigenvalue weighted by atomic mass is 16.6. The second kappa shape index (κ2) is 6.52. The Hall–Kier alpha value is -2.62. The third kappa shape index (κ3) is 3.45. The number of nitrogens with zero attached hydrogens (tertiary/aromatic N) is 3. The summed E-state index contributed by atoms with van der Waals surface area (Å²) >= 11 is 0. The number of benzene rings is 1. The van der Waals surface area contributed by atoms with Gasteiger partial charge in [0.05, 0.1) is 17.4 Å². The molecule has 7 heteroatoms. The van der Waals surface area contributed by atoms with E-state index in [9.17, 15) is 14.9 Å². The molecule has 1 N–H and O–H groups in total. The van der Waals surface area contributed by atoms with Crippen molar-refractivity contribution in [1.82, 2.24) is 0 Å². The predicted octanol–water partition coefficient (Wildman–Crippen LogP) is 2.42. The van der Waals surface area contributed by atoms with Gasteiger partial charge in [0.25, 0.3) is 5.69 Å². The number of hydrogen-bond donors (Lipinski definition) is 1. The largest absolute Gasteiger partial charge is 0.477 e. The van der Waals surface area contributed by atoms with Crippen LogP contribution < -0.4 is 4.90 Å². The van der Waals surface area contributed by atoms with Gasteiger partial charge >= 0.3 is 5.97 Å². The van der Waals surface area contributed by atoms with E-state index >= 15 is 0 Å². The summed E-state index contributed by atoms with van der Waals surface area (Å²) in [4.78, 5) is 23.0. The Morgan fingerprint density at radius 2 is 2.20 bits per heavy atom. The van der Waals surface area contributed by atoms with Crippen molar-refractivity contribution < 1.29 is 14.8 Å². The number of hydrogen-bond acceptors (Lipinski definition) is 5. The Balaban J connectivity index is 3.25. The summed E-state index contributed by atoms with van der Waals surface area (Å²) in [6, 6.07) is 6.03. The van der Waals surface area contributed by atoms with Gasteiger partial charge in [-0.25, -0.2) is 4.79 Å². The van der Waals surface area contributed by atoms with Crippen LogP contribution in [0.3, 0.4) is 0 Å². The van der Waals surface area contributed by atoms with Crippen LogP contribution in [0.15, 0.2) is 18.2 Å². The van der Waals surface area contributed by atoms with Crippen LogP contribution in [0.1, 0.15) is 30.6 Å². The SMILES string of the molecule is CC(C)N(CCC#N)c1ccc([N+](=O)[O-])c(C(=O)O)c1. The van der Waals surface area contributed by atoms with Gasteiger partial charge < -0.3 is 10.0 Å². The highest BCUT2D eigenvalue weighted by molar-refractivity contribution is 5.93. The third-order valence-corrected chi connectivity index (χ3v) is 2.83. The van der Waals surface area contributed by atoms with Gasteiger partial charge in [-0.2, -0.15) is 5.26 Å². The van der Waals surface area contributed by atoms with Gasteiger partial charge in [0.1, 0.15) is 5.56 Å². The molecule has 0 aromatic heterocycles. The molecule has 7 nitrogen and oxygen atoms in total. The van der Waals surface area contributed by atoms with Gasteiger partial charge in [-0.05, 0) is 26.0 Å². The van der Waals surface area contributed by atoms with E-state index in [1.165, 1.54) is 18.2 Å². The molecule has 0 amide bonds. The van der Waals surface area contributed by atoms with E-state index in [0.29, 0.717) is 12.2 Å². The minimum atomic E-state index is -1.34. The van der Waals surface area contributed by atoms with Crippen LogP contribution in [0.5, 0.6) is 0 Å². The lowest BCUT2D eigenvalue weighted by molar-refractivity contribution is -0.385. The van der Waals surface area contributed by atoms with Crippen LogP contribution in [0.25, 0.3) is 0 Å². The van der Waals surface area contributed by atoms with Crippen molar-refractivity contribution in [1.29, 1.82) is 5.26 Å². The summed E-state index contributed by atoms with van der Waals surface area (Å²) < 4.78 is 0. The normalized spacial score (nSPS) is 10.1. The zero-order valence-corrected chi connectivity index (χ0v) is 11.2. The van der Waals surface area contributed by atoms with Gasteiger partial charge in [0, 0.05) is 24.3 Å². The van der Waals surface area contributed by atoms with Gasteiger partial charge in [-0.15, -0.1) is 0 Å². The average Bonchev–Trinajstić information content (AvgIpc) is 2.38. The zero-order chi connectivity index (χ0) is 15.3. The molecule has 0 heterocycles. The molecule has 0 spiro atoms. The number of anilines is 1. The van der Waals surface area contributed by atoms with E-state index in [4.69, 9.17) is 10.4 Å². The Morgan fingerprint density at radius 3 is 2.65 bits per heavy atom. The van der Waals surface area contributed by atoms with Crippen LogP contribution in [0.2, 0.25) is 0 Å². The summed E-state index contributed by atoms with van der Waals surface area (Å²) in [5.41, 5.74) is -0.237. The number of nitro groups is 1. The maximum Gasteiger partial charge on any atom is 0.342 e. The highest BCUT2D eigenvalue weighted by Gasteiger charge is 2.22. The molecule has 0 saturated carbocycles. The number of nitriles is 1. The van der Waals surface area contributed by atoms with Gasteiger partial charge in [0.2, 0.25) is 0 Å². The van der Waals surface area contributed by atoms with Crippen molar-refractivity contribution in [3.05, 3.63) is 33.9 Å². The molecule has 0 unspecified atom stereocenters. The molecule has 0 aliphatic carbocycles. The monoisotopic (exact) mass is 277 g/mol. The maximum absolute atomic E-state index is 11.1. The standard InChI is InChI=1S/C13H15N3O4/c1-9(2)15(7-3-6-14)10-4-5-12(16(19)20)11(8-10)13(17)18/h4-5,8-9H,3,7H2,1-2H3,(H,17,18). The lowest BCUT2D eigenvalue weighted by Gasteiger charge is -2.28. The van der Waals surface area contributed by atoms with E-state index < -0.39 is 16.6 Å². The van der Waals surface area contributed by atoms with Crippen LogP contribution in [0.4, 0.5) is 11.4 Å². The fourth-order valence-electron chi connectivity index (χ4n) is 1.89. The first-order valence-electron chi connectivity index (χ1n) is 6.03. The minimum Gasteiger partial charge on any atom is -0.477 e. The van der Waals surface area contributed by atoms with Crippen molar-refractivity contribution in [3.8, 4) is 6.07 Å². The molecule has 0 saturated heterocycles. The second-order valence-corrected chi connectivity index (χ2v) is 4.46. The maximum atomic E-state index is 11.1.